The van der Waals surface area contributed by atoms with Crippen LogP contribution in [0, 0.1) is 11.8 Å². The number of hydrogen-bond acceptors (Lipinski definition) is 10. The Balaban J connectivity index is 1.98. The fraction of sp³-hybridized carbons (Fsp3) is 0.536. The van der Waals surface area contributed by atoms with E-state index < -0.39 is 35.1 Å². The number of esters is 1. The zero-order valence-corrected chi connectivity index (χ0v) is 22.7. The van der Waals surface area contributed by atoms with E-state index >= 15 is 0 Å². The maximum absolute atomic E-state index is 13.5. The lowest BCUT2D eigenvalue weighted by Gasteiger charge is -2.41. The largest absolute Gasteiger partial charge is 0.493 e. The SMILES string of the molecule is COc1cc2c(c(OC)c1OC)-c1c3cc4c(c1OC[C@@H](C)[C@@](C)(O)C(=O)OC2[C@](C)(O)[C@H](C)C3)OCO4. The van der Waals surface area contributed by atoms with E-state index in [0.29, 0.717) is 57.6 Å². The van der Waals surface area contributed by atoms with Crippen LogP contribution in [-0.2, 0) is 16.0 Å². The van der Waals surface area contributed by atoms with Gasteiger partial charge in [0.25, 0.3) is 0 Å². The fourth-order valence-electron chi connectivity index (χ4n) is 5.37. The van der Waals surface area contributed by atoms with Crippen LogP contribution in [0.15, 0.2) is 12.1 Å². The molecule has 0 aromatic heterocycles. The fourth-order valence-corrected chi connectivity index (χ4v) is 5.37. The quantitative estimate of drug-likeness (QED) is 0.571. The van der Waals surface area contributed by atoms with Gasteiger partial charge in [0.1, 0.15) is 5.60 Å². The second kappa shape index (κ2) is 9.13. The summed E-state index contributed by atoms with van der Waals surface area (Å²) in [5, 5.41) is 23.3. The average molecular weight is 531 g/mol. The summed E-state index contributed by atoms with van der Waals surface area (Å²) in [6.45, 7) is 6.54. The van der Waals surface area contributed by atoms with Crippen LogP contribution < -0.4 is 28.4 Å². The number of methoxy groups -OCH3 is 3. The summed E-state index contributed by atoms with van der Waals surface area (Å²) < 4.78 is 41.2. The zero-order valence-electron chi connectivity index (χ0n) is 22.7. The molecule has 10 heteroatoms. The normalized spacial score (nSPS) is 29.7. The van der Waals surface area contributed by atoms with Gasteiger partial charge in [0, 0.05) is 22.6 Å². The van der Waals surface area contributed by atoms with E-state index in [0.717, 1.165) is 5.56 Å². The van der Waals surface area contributed by atoms with E-state index in [9.17, 15) is 15.0 Å². The first-order valence-corrected chi connectivity index (χ1v) is 12.5. The topological polar surface area (TPSA) is 122 Å². The van der Waals surface area contributed by atoms with Crippen molar-refractivity contribution < 1.29 is 48.2 Å². The van der Waals surface area contributed by atoms with Gasteiger partial charge >= 0.3 is 5.97 Å². The molecule has 2 heterocycles. The monoisotopic (exact) mass is 530 g/mol. The van der Waals surface area contributed by atoms with Crippen LogP contribution in [0.4, 0.5) is 0 Å². The van der Waals surface area contributed by atoms with Crippen LogP contribution in [0.1, 0.15) is 44.9 Å². The molecule has 2 aliphatic heterocycles. The second-order valence-corrected chi connectivity index (χ2v) is 10.6. The van der Waals surface area contributed by atoms with Gasteiger partial charge in [-0.2, -0.15) is 0 Å². The molecule has 0 saturated heterocycles. The van der Waals surface area contributed by atoms with Gasteiger partial charge in [-0.1, -0.05) is 13.8 Å². The third-order valence-corrected chi connectivity index (χ3v) is 8.22. The van der Waals surface area contributed by atoms with Crippen LogP contribution in [0.25, 0.3) is 11.1 Å². The predicted molar refractivity (Wildman–Crippen MR) is 135 cm³/mol. The van der Waals surface area contributed by atoms with Crippen molar-refractivity contribution in [1.82, 2.24) is 0 Å². The Morgan fingerprint density at radius 2 is 1.61 bits per heavy atom. The minimum Gasteiger partial charge on any atom is -0.493 e. The van der Waals surface area contributed by atoms with Crippen LogP contribution in [-0.4, -0.2) is 62.1 Å². The molecule has 10 nitrogen and oxygen atoms in total. The Morgan fingerprint density at radius 1 is 0.895 bits per heavy atom. The molecule has 2 bridgehead atoms. The highest BCUT2D eigenvalue weighted by atomic mass is 16.7. The van der Waals surface area contributed by atoms with Gasteiger partial charge in [0.05, 0.1) is 27.9 Å². The van der Waals surface area contributed by atoms with E-state index in [-0.39, 0.29) is 13.4 Å². The number of carbonyl (C=O) groups excluding carboxylic acids is 1. The maximum atomic E-state index is 13.5. The number of benzene rings is 2. The summed E-state index contributed by atoms with van der Waals surface area (Å²) in [6, 6.07) is 3.54. The van der Waals surface area contributed by atoms with E-state index in [2.05, 4.69) is 0 Å². The Labute approximate surface area is 221 Å². The molecule has 0 saturated carbocycles. The summed E-state index contributed by atoms with van der Waals surface area (Å²) in [6.07, 6.45) is -0.830. The Bertz CT molecular complexity index is 1280. The lowest BCUT2D eigenvalue weighted by atomic mass is 9.73. The first-order valence-electron chi connectivity index (χ1n) is 12.5. The van der Waals surface area contributed by atoms with Gasteiger partial charge in [-0.3, -0.25) is 0 Å². The number of hydrogen-bond donors (Lipinski definition) is 2. The lowest BCUT2D eigenvalue weighted by molar-refractivity contribution is -0.194. The van der Waals surface area contributed by atoms with Gasteiger partial charge in [0.2, 0.25) is 18.3 Å². The van der Waals surface area contributed by atoms with Gasteiger partial charge in [-0.15, -0.1) is 0 Å². The van der Waals surface area contributed by atoms with Gasteiger partial charge in [-0.25, -0.2) is 4.79 Å². The van der Waals surface area contributed by atoms with E-state index in [1.54, 1.807) is 19.9 Å². The lowest BCUT2D eigenvalue weighted by Crippen LogP contribution is -2.49. The van der Waals surface area contributed by atoms with Crippen LogP contribution in [0.2, 0.25) is 0 Å². The molecule has 5 rings (SSSR count). The maximum Gasteiger partial charge on any atom is 0.338 e. The summed E-state index contributed by atoms with van der Waals surface area (Å²) in [4.78, 5) is 13.5. The summed E-state index contributed by atoms with van der Waals surface area (Å²) in [7, 11) is 4.47. The van der Waals surface area contributed by atoms with Gasteiger partial charge < -0.3 is 43.4 Å². The number of aliphatic hydroxyl groups is 2. The molecule has 2 N–H and O–H groups in total. The molecule has 0 radical (unpaired) electrons. The standard InChI is InChI=1S/C28H34O10/c1-13-8-15-9-18-22(37-12-36-18)24-19(15)20-16(10-17(32-5)21(33-6)23(20)34-7)25(27(13,3)30)38-26(29)28(4,31)14(2)11-35-24/h9-10,13-14,25,30-31H,8,11-12H2,1-7H3/t13-,14-,25?,27-,28-/m1/s1. The third-order valence-electron chi connectivity index (χ3n) is 8.22. The highest BCUT2D eigenvalue weighted by Crippen LogP contribution is 2.59. The first kappa shape index (κ1) is 26.2. The third kappa shape index (κ3) is 3.72. The molecule has 0 spiro atoms. The molecular weight excluding hydrogens is 496 g/mol. The van der Waals surface area contributed by atoms with Crippen molar-refractivity contribution in [1.29, 1.82) is 0 Å². The molecule has 1 aliphatic carbocycles. The second-order valence-electron chi connectivity index (χ2n) is 10.6. The Morgan fingerprint density at radius 3 is 2.26 bits per heavy atom. The summed E-state index contributed by atoms with van der Waals surface area (Å²) in [5.74, 6) is 0.241. The highest BCUT2D eigenvalue weighted by Gasteiger charge is 2.50. The smallest absolute Gasteiger partial charge is 0.338 e. The van der Waals surface area contributed by atoms with Crippen molar-refractivity contribution in [2.75, 3.05) is 34.7 Å². The molecule has 0 fully saturated rings. The van der Waals surface area contributed by atoms with E-state index in [1.807, 2.05) is 13.0 Å². The molecule has 38 heavy (non-hydrogen) atoms. The number of fused-ring (bicyclic) bond motifs is 2. The van der Waals surface area contributed by atoms with Gasteiger partial charge in [-0.05, 0) is 43.9 Å². The molecule has 0 amide bonds. The number of carbonyl (C=O) groups is 1. The van der Waals surface area contributed by atoms with Crippen molar-refractivity contribution in [2.24, 2.45) is 11.8 Å². The molecule has 3 aliphatic rings. The van der Waals surface area contributed by atoms with Crippen LogP contribution >= 0.6 is 0 Å². The van der Waals surface area contributed by atoms with E-state index in [1.165, 1.54) is 28.3 Å². The van der Waals surface area contributed by atoms with Crippen molar-refractivity contribution in [3.8, 4) is 45.6 Å². The zero-order chi connectivity index (χ0) is 27.6. The molecule has 2 aromatic carbocycles. The van der Waals surface area contributed by atoms with E-state index in [4.69, 9.17) is 33.2 Å². The highest BCUT2D eigenvalue weighted by molar-refractivity contribution is 5.89. The number of rotatable bonds is 3. The van der Waals surface area contributed by atoms with Crippen molar-refractivity contribution in [3.63, 3.8) is 0 Å². The minimum atomic E-state index is -1.92. The molecule has 5 atom stereocenters. The van der Waals surface area contributed by atoms with Gasteiger partial charge in [0.15, 0.2) is 34.7 Å². The summed E-state index contributed by atoms with van der Waals surface area (Å²) >= 11 is 0. The molecule has 2 aromatic rings. The van der Waals surface area contributed by atoms with Crippen molar-refractivity contribution in [2.45, 2.75) is 51.4 Å². The number of ether oxygens (including phenoxy) is 7. The first-order chi connectivity index (χ1) is 18.0. The van der Waals surface area contributed by atoms with Crippen molar-refractivity contribution in [3.05, 3.63) is 23.3 Å². The predicted octanol–water partition coefficient (Wildman–Crippen LogP) is 3.42. The molecule has 206 valence electrons. The summed E-state index contributed by atoms with van der Waals surface area (Å²) in [5.41, 5.74) is -1.15. The molecule has 1 unspecified atom stereocenters. The average Bonchev–Trinajstić information content (AvgIpc) is 3.35. The Hall–Kier alpha value is -3.37. The molecular formula is C28H34O10. The van der Waals surface area contributed by atoms with Crippen molar-refractivity contribution >= 4 is 5.97 Å². The van der Waals surface area contributed by atoms with Crippen LogP contribution in [0.3, 0.4) is 0 Å². The Kier molecular flexibility index (Phi) is 6.30. The minimum absolute atomic E-state index is 0.00920. The van der Waals surface area contributed by atoms with Crippen LogP contribution in [0.5, 0.6) is 34.5 Å².